The maximum atomic E-state index is 5.39. The number of aromatic nitrogens is 4. The van der Waals surface area contributed by atoms with E-state index in [1.54, 1.807) is 7.11 Å². The largest absolute Gasteiger partial charge is 0.497 e. The Labute approximate surface area is 177 Å². The van der Waals surface area contributed by atoms with E-state index in [2.05, 4.69) is 61.5 Å². The Bertz CT molecular complexity index is 977. The topological polar surface area (TPSA) is 56.1 Å². The number of rotatable bonds is 5. The Morgan fingerprint density at radius 3 is 2.50 bits per heavy atom. The van der Waals surface area contributed by atoms with Gasteiger partial charge in [-0.05, 0) is 58.5 Å². The molecule has 30 heavy (non-hydrogen) atoms. The average molecular weight is 404 g/mol. The van der Waals surface area contributed by atoms with Gasteiger partial charge in [0.15, 0.2) is 5.82 Å². The van der Waals surface area contributed by atoms with Crippen LogP contribution in [0.25, 0.3) is 0 Å². The highest BCUT2D eigenvalue weighted by Crippen LogP contribution is 2.36. The summed E-state index contributed by atoms with van der Waals surface area (Å²) in [6, 6.07) is 17.6. The van der Waals surface area contributed by atoms with Crippen LogP contribution >= 0.6 is 0 Å². The van der Waals surface area contributed by atoms with Crippen molar-refractivity contribution in [3.63, 3.8) is 0 Å². The molecule has 5 rings (SSSR count). The minimum atomic E-state index is 0.0289. The molecule has 2 aliphatic rings. The first-order valence-electron chi connectivity index (χ1n) is 11.1. The summed E-state index contributed by atoms with van der Waals surface area (Å²) in [6.07, 6.45) is 7.21. The second-order valence-corrected chi connectivity index (χ2v) is 8.44. The summed E-state index contributed by atoms with van der Waals surface area (Å²) in [4.78, 5) is 2.52. The molecule has 0 saturated heterocycles. The number of hydrogen-bond acceptors (Lipinski definition) is 5. The number of ether oxygens (including phenoxy) is 1. The van der Waals surface area contributed by atoms with Gasteiger partial charge in [0, 0.05) is 13.1 Å². The zero-order valence-corrected chi connectivity index (χ0v) is 17.6. The van der Waals surface area contributed by atoms with E-state index in [0.29, 0.717) is 6.04 Å². The molecule has 0 spiro atoms. The van der Waals surface area contributed by atoms with Gasteiger partial charge < -0.3 is 4.74 Å². The molecule has 1 aromatic heterocycles. The van der Waals surface area contributed by atoms with Gasteiger partial charge in [0.05, 0.1) is 19.2 Å². The minimum Gasteiger partial charge on any atom is -0.497 e. The molecule has 156 valence electrons. The van der Waals surface area contributed by atoms with Crippen LogP contribution in [0.2, 0.25) is 0 Å². The highest BCUT2D eigenvalue weighted by Gasteiger charge is 2.32. The summed E-state index contributed by atoms with van der Waals surface area (Å²) in [7, 11) is 1.71. The van der Waals surface area contributed by atoms with E-state index in [1.807, 2.05) is 12.1 Å². The first-order valence-corrected chi connectivity index (χ1v) is 11.1. The Hall–Kier alpha value is -2.73. The fourth-order valence-electron chi connectivity index (χ4n) is 5.01. The summed E-state index contributed by atoms with van der Waals surface area (Å²) < 4.78 is 7.51. The van der Waals surface area contributed by atoms with Crippen molar-refractivity contribution >= 4 is 0 Å². The molecule has 0 radical (unpaired) electrons. The maximum absolute atomic E-state index is 5.39. The summed E-state index contributed by atoms with van der Waals surface area (Å²) in [5.41, 5.74) is 4.06. The van der Waals surface area contributed by atoms with Crippen molar-refractivity contribution in [2.75, 3.05) is 13.7 Å². The van der Waals surface area contributed by atoms with Crippen LogP contribution in [0.4, 0.5) is 0 Å². The lowest BCUT2D eigenvalue weighted by Gasteiger charge is -2.36. The van der Waals surface area contributed by atoms with Crippen LogP contribution in [0.1, 0.15) is 66.7 Å². The SMILES string of the molecule is COc1ccc([C@@H](c2nnnn2C2CCCCC2)N2CCc3ccccc3C2)cc1. The molecule has 0 bridgehead atoms. The number of hydrogen-bond donors (Lipinski definition) is 0. The second-order valence-electron chi connectivity index (χ2n) is 8.44. The molecule has 6 nitrogen and oxygen atoms in total. The molecule has 2 heterocycles. The minimum absolute atomic E-state index is 0.0289. The molecule has 0 amide bonds. The van der Waals surface area contributed by atoms with E-state index >= 15 is 0 Å². The van der Waals surface area contributed by atoms with Crippen molar-refractivity contribution in [1.29, 1.82) is 0 Å². The van der Waals surface area contributed by atoms with Crippen LogP contribution in [-0.4, -0.2) is 38.8 Å². The lowest BCUT2D eigenvalue weighted by atomic mass is 9.94. The van der Waals surface area contributed by atoms with Gasteiger partial charge in [-0.3, -0.25) is 4.90 Å². The molecule has 0 N–H and O–H groups in total. The number of nitrogens with zero attached hydrogens (tertiary/aromatic N) is 5. The molecule has 1 aliphatic carbocycles. The first-order chi connectivity index (χ1) is 14.8. The first kappa shape index (κ1) is 19.2. The van der Waals surface area contributed by atoms with Gasteiger partial charge in [0.2, 0.25) is 0 Å². The van der Waals surface area contributed by atoms with Gasteiger partial charge in [-0.2, -0.15) is 0 Å². The van der Waals surface area contributed by atoms with Gasteiger partial charge in [-0.1, -0.05) is 55.7 Å². The van der Waals surface area contributed by atoms with E-state index in [-0.39, 0.29) is 6.04 Å². The van der Waals surface area contributed by atoms with Crippen LogP contribution in [-0.2, 0) is 13.0 Å². The predicted octanol–water partition coefficient (Wildman–Crippen LogP) is 4.33. The Morgan fingerprint density at radius 1 is 0.967 bits per heavy atom. The van der Waals surface area contributed by atoms with E-state index < -0.39 is 0 Å². The highest BCUT2D eigenvalue weighted by atomic mass is 16.5. The summed E-state index contributed by atoms with van der Waals surface area (Å²) >= 11 is 0. The van der Waals surface area contributed by atoms with Crippen molar-refractivity contribution in [1.82, 2.24) is 25.1 Å². The van der Waals surface area contributed by atoms with Gasteiger partial charge in [0.1, 0.15) is 5.75 Å². The van der Waals surface area contributed by atoms with Gasteiger partial charge in [0.25, 0.3) is 0 Å². The van der Waals surface area contributed by atoms with Crippen LogP contribution in [0.5, 0.6) is 5.75 Å². The van der Waals surface area contributed by atoms with Crippen LogP contribution in [0.15, 0.2) is 48.5 Å². The fourth-order valence-corrected chi connectivity index (χ4v) is 5.01. The number of fused-ring (bicyclic) bond motifs is 1. The van der Waals surface area contributed by atoms with Crippen molar-refractivity contribution in [3.05, 3.63) is 71.0 Å². The molecule has 2 aromatic carbocycles. The lowest BCUT2D eigenvalue weighted by Crippen LogP contribution is -2.36. The standard InChI is InChI=1S/C24H29N5O/c1-30-22-13-11-19(12-14-22)23(28-16-15-18-7-5-6-8-20(18)17-28)24-25-26-27-29(24)21-9-3-2-4-10-21/h5-8,11-14,21,23H,2-4,9-10,15-17H2,1H3/t23-/m0/s1. The third kappa shape index (κ3) is 3.72. The van der Waals surface area contributed by atoms with Crippen molar-refractivity contribution in [3.8, 4) is 5.75 Å². The summed E-state index contributed by atoms with van der Waals surface area (Å²) in [6.45, 7) is 1.90. The quantitative estimate of drug-likeness (QED) is 0.634. The predicted molar refractivity (Wildman–Crippen MR) is 115 cm³/mol. The smallest absolute Gasteiger partial charge is 0.173 e. The zero-order valence-electron chi connectivity index (χ0n) is 17.6. The molecule has 1 fully saturated rings. The number of tetrazole rings is 1. The number of methoxy groups -OCH3 is 1. The molecular formula is C24H29N5O. The monoisotopic (exact) mass is 403 g/mol. The molecule has 3 aromatic rings. The highest BCUT2D eigenvalue weighted by molar-refractivity contribution is 5.34. The Morgan fingerprint density at radius 2 is 1.73 bits per heavy atom. The maximum Gasteiger partial charge on any atom is 0.173 e. The summed E-state index contributed by atoms with van der Waals surface area (Å²) in [5, 5.41) is 13.2. The average Bonchev–Trinajstić information content (AvgIpc) is 3.29. The number of benzene rings is 2. The van der Waals surface area contributed by atoms with Crippen LogP contribution in [0.3, 0.4) is 0 Å². The summed E-state index contributed by atoms with van der Waals surface area (Å²) in [5.74, 6) is 1.83. The third-order valence-corrected chi connectivity index (χ3v) is 6.64. The molecule has 1 aliphatic heterocycles. The van der Waals surface area contributed by atoms with Gasteiger partial charge >= 0.3 is 0 Å². The van der Waals surface area contributed by atoms with Crippen LogP contribution in [0, 0.1) is 0 Å². The molecule has 6 heteroatoms. The van der Waals surface area contributed by atoms with E-state index in [9.17, 15) is 0 Å². The normalized spacial score (nSPS) is 18.7. The molecule has 1 saturated carbocycles. The van der Waals surface area contributed by atoms with Crippen LogP contribution < -0.4 is 4.74 Å². The Kier molecular flexibility index (Phi) is 5.49. The lowest BCUT2D eigenvalue weighted by molar-refractivity contribution is 0.187. The molecule has 1 atom stereocenters. The van der Waals surface area contributed by atoms with Gasteiger partial charge in [-0.25, -0.2) is 4.68 Å². The third-order valence-electron chi connectivity index (χ3n) is 6.64. The fraction of sp³-hybridized carbons (Fsp3) is 0.458. The van der Waals surface area contributed by atoms with Gasteiger partial charge in [-0.15, -0.1) is 5.10 Å². The molecular weight excluding hydrogens is 374 g/mol. The van der Waals surface area contributed by atoms with E-state index in [4.69, 9.17) is 4.74 Å². The van der Waals surface area contributed by atoms with E-state index in [0.717, 1.165) is 43.9 Å². The zero-order chi connectivity index (χ0) is 20.3. The molecule has 0 unspecified atom stereocenters. The van der Waals surface area contributed by atoms with Crippen molar-refractivity contribution < 1.29 is 4.74 Å². The van der Waals surface area contributed by atoms with Crippen molar-refractivity contribution in [2.24, 2.45) is 0 Å². The second kappa shape index (κ2) is 8.56. The Balaban J connectivity index is 1.53. The van der Waals surface area contributed by atoms with E-state index in [1.165, 1.54) is 36.0 Å². The van der Waals surface area contributed by atoms with Crippen molar-refractivity contribution in [2.45, 2.75) is 57.2 Å².